The summed E-state index contributed by atoms with van der Waals surface area (Å²) in [4.78, 5) is 23.6. The van der Waals surface area contributed by atoms with Crippen molar-refractivity contribution in [3.8, 4) is 6.01 Å². The van der Waals surface area contributed by atoms with Gasteiger partial charge in [0.1, 0.15) is 0 Å². The molecule has 3 rings (SSSR count). The van der Waals surface area contributed by atoms with Crippen molar-refractivity contribution in [2.75, 3.05) is 45.8 Å². The Morgan fingerprint density at radius 1 is 1.32 bits per heavy atom. The fraction of sp³-hybridized carbons (Fsp3) is 0.476. The van der Waals surface area contributed by atoms with Crippen LogP contribution in [0.25, 0.3) is 10.9 Å². The van der Waals surface area contributed by atoms with Gasteiger partial charge in [0, 0.05) is 37.6 Å². The molecule has 7 nitrogen and oxygen atoms in total. The Balaban J connectivity index is 1.75. The zero-order valence-corrected chi connectivity index (χ0v) is 16.8. The number of anilines is 1. The van der Waals surface area contributed by atoms with Crippen LogP contribution in [0.5, 0.6) is 6.01 Å². The van der Waals surface area contributed by atoms with Crippen LogP contribution in [0.2, 0.25) is 0 Å². The van der Waals surface area contributed by atoms with E-state index in [1.165, 1.54) is 0 Å². The molecule has 0 atom stereocenters. The number of amides is 1. The summed E-state index contributed by atoms with van der Waals surface area (Å²) in [5.41, 5.74) is 2.48. The van der Waals surface area contributed by atoms with E-state index in [1.54, 1.807) is 20.3 Å². The first-order valence-corrected chi connectivity index (χ1v) is 9.69. The first-order valence-electron chi connectivity index (χ1n) is 9.69. The monoisotopic (exact) mass is 384 g/mol. The zero-order valence-electron chi connectivity index (χ0n) is 16.8. The molecule has 1 aliphatic rings. The van der Waals surface area contributed by atoms with Crippen LogP contribution in [-0.2, 0) is 9.53 Å². The predicted octanol–water partition coefficient (Wildman–Crippen LogP) is 2.98. The van der Waals surface area contributed by atoms with Gasteiger partial charge in [-0.05, 0) is 31.5 Å². The molecular formula is C21H28N4O3. The highest BCUT2D eigenvalue weighted by molar-refractivity contribution is 6.06. The van der Waals surface area contributed by atoms with Gasteiger partial charge in [0.2, 0.25) is 5.91 Å². The summed E-state index contributed by atoms with van der Waals surface area (Å²) in [5, 5.41) is 3.90. The molecule has 0 bridgehead atoms. The molecule has 0 saturated heterocycles. The van der Waals surface area contributed by atoms with E-state index in [0.717, 1.165) is 48.2 Å². The van der Waals surface area contributed by atoms with E-state index in [4.69, 9.17) is 9.47 Å². The number of fused-ring (bicyclic) bond motifs is 1. The molecule has 1 fully saturated rings. The van der Waals surface area contributed by atoms with E-state index in [1.807, 2.05) is 24.3 Å². The Morgan fingerprint density at radius 2 is 2.14 bits per heavy atom. The number of carbonyl (C=O) groups is 1. The second-order valence-corrected chi connectivity index (χ2v) is 6.85. The molecule has 1 amide bonds. The maximum absolute atomic E-state index is 12.5. The van der Waals surface area contributed by atoms with Crippen LogP contribution >= 0.6 is 0 Å². The zero-order chi connectivity index (χ0) is 19.9. The van der Waals surface area contributed by atoms with E-state index >= 15 is 0 Å². The lowest BCUT2D eigenvalue weighted by Gasteiger charge is -2.17. The van der Waals surface area contributed by atoms with Crippen LogP contribution < -0.4 is 10.1 Å². The topological polar surface area (TPSA) is 76.6 Å². The number of benzene rings is 1. The van der Waals surface area contributed by atoms with Crippen molar-refractivity contribution in [2.45, 2.75) is 25.7 Å². The number of hydrogen-bond acceptors (Lipinski definition) is 6. The summed E-state index contributed by atoms with van der Waals surface area (Å²) in [5.74, 6) is 0.250. The standard InChI is InChI=1S/C21H28N4O3/c1-4-25(13-14-27-2)12-6-9-18(26)22-16-7-5-8-17-19(16)20(15-10-11-15)24-21(23-17)28-3/h5-9,15H,4,10-14H2,1-3H3,(H,22,26). The Kier molecular flexibility index (Phi) is 6.95. The van der Waals surface area contributed by atoms with Gasteiger partial charge in [-0.3, -0.25) is 9.69 Å². The SMILES string of the molecule is CCN(CC=CC(=O)Nc1cccc2nc(OC)nc(C3CC3)c12)CCOC. The number of hydrogen-bond donors (Lipinski definition) is 1. The molecule has 28 heavy (non-hydrogen) atoms. The Morgan fingerprint density at radius 3 is 2.82 bits per heavy atom. The van der Waals surface area contributed by atoms with E-state index in [0.29, 0.717) is 25.1 Å². The molecule has 2 aromatic rings. The number of aromatic nitrogens is 2. The smallest absolute Gasteiger partial charge is 0.316 e. The highest BCUT2D eigenvalue weighted by atomic mass is 16.5. The molecule has 1 N–H and O–H groups in total. The van der Waals surface area contributed by atoms with Crippen LogP contribution in [-0.4, -0.2) is 61.2 Å². The van der Waals surface area contributed by atoms with E-state index in [-0.39, 0.29) is 5.91 Å². The van der Waals surface area contributed by atoms with Gasteiger partial charge in [0.05, 0.1) is 30.6 Å². The van der Waals surface area contributed by atoms with Crippen molar-refractivity contribution in [3.05, 3.63) is 36.0 Å². The van der Waals surface area contributed by atoms with Crippen LogP contribution in [0, 0.1) is 0 Å². The maximum Gasteiger partial charge on any atom is 0.316 e. The summed E-state index contributed by atoms with van der Waals surface area (Å²) in [6.45, 7) is 5.22. The van der Waals surface area contributed by atoms with Crippen molar-refractivity contribution >= 4 is 22.5 Å². The molecule has 0 unspecified atom stereocenters. The molecular weight excluding hydrogens is 356 g/mol. The van der Waals surface area contributed by atoms with Crippen LogP contribution in [0.4, 0.5) is 5.69 Å². The molecule has 1 heterocycles. The first kappa shape index (κ1) is 20.2. The lowest BCUT2D eigenvalue weighted by molar-refractivity contribution is -0.111. The number of ether oxygens (including phenoxy) is 2. The van der Waals surface area contributed by atoms with Gasteiger partial charge in [0.25, 0.3) is 0 Å². The number of likely N-dealkylation sites (N-methyl/N-ethyl adjacent to an activating group) is 1. The van der Waals surface area contributed by atoms with Crippen LogP contribution in [0.15, 0.2) is 30.4 Å². The third-order valence-electron chi connectivity index (χ3n) is 4.83. The van der Waals surface area contributed by atoms with Crippen LogP contribution in [0.1, 0.15) is 31.4 Å². The van der Waals surface area contributed by atoms with Gasteiger partial charge in [-0.1, -0.05) is 19.1 Å². The highest BCUT2D eigenvalue weighted by Gasteiger charge is 2.29. The average Bonchev–Trinajstić information content (AvgIpc) is 3.55. The second kappa shape index (κ2) is 9.61. The molecule has 0 spiro atoms. The van der Waals surface area contributed by atoms with E-state index in [9.17, 15) is 4.79 Å². The Labute approximate surface area is 165 Å². The number of nitrogens with one attached hydrogen (secondary N) is 1. The minimum absolute atomic E-state index is 0.159. The summed E-state index contributed by atoms with van der Waals surface area (Å²) < 4.78 is 10.3. The molecule has 1 aromatic heterocycles. The third-order valence-corrected chi connectivity index (χ3v) is 4.83. The largest absolute Gasteiger partial charge is 0.467 e. The molecule has 150 valence electrons. The van der Waals surface area contributed by atoms with Gasteiger partial charge in [-0.2, -0.15) is 9.97 Å². The minimum atomic E-state index is -0.159. The summed E-state index contributed by atoms with van der Waals surface area (Å²) in [6, 6.07) is 6.07. The molecule has 7 heteroatoms. The predicted molar refractivity (Wildman–Crippen MR) is 110 cm³/mol. The van der Waals surface area contributed by atoms with Crippen molar-refractivity contribution in [1.29, 1.82) is 0 Å². The van der Waals surface area contributed by atoms with Gasteiger partial charge >= 0.3 is 6.01 Å². The summed E-state index contributed by atoms with van der Waals surface area (Å²) in [7, 11) is 3.26. The van der Waals surface area contributed by atoms with E-state index in [2.05, 4.69) is 27.1 Å². The van der Waals surface area contributed by atoms with Crippen molar-refractivity contribution in [2.24, 2.45) is 0 Å². The number of nitrogens with zero attached hydrogens (tertiary/aromatic N) is 3. The van der Waals surface area contributed by atoms with Crippen LogP contribution in [0.3, 0.4) is 0 Å². The minimum Gasteiger partial charge on any atom is -0.467 e. The normalized spacial score (nSPS) is 14.1. The molecule has 0 radical (unpaired) electrons. The molecule has 1 aromatic carbocycles. The van der Waals surface area contributed by atoms with E-state index < -0.39 is 0 Å². The van der Waals surface area contributed by atoms with Crippen molar-refractivity contribution < 1.29 is 14.3 Å². The fourth-order valence-electron chi connectivity index (χ4n) is 3.12. The first-order chi connectivity index (χ1) is 13.7. The van der Waals surface area contributed by atoms with Gasteiger partial charge in [0.15, 0.2) is 0 Å². The Hall–Kier alpha value is -2.51. The lowest BCUT2D eigenvalue weighted by atomic mass is 10.1. The average molecular weight is 384 g/mol. The summed E-state index contributed by atoms with van der Waals surface area (Å²) in [6.07, 6.45) is 5.66. The molecule has 1 aliphatic carbocycles. The quantitative estimate of drug-likeness (QED) is 0.635. The molecule has 1 saturated carbocycles. The van der Waals surface area contributed by atoms with Crippen molar-refractivity contribution in [1.82, 2.24) is 14.9 Å². The third kappa shape index (κ3) is 5.05. The van der Waals surface area contributed by atoms with Gasteiger partial charge in [-0.25, -0.2) is 0 Å². The second-order valence-electron chi connectivity index (χ2n) is 6.85. The maximum atomic E-state index is 12.5. The van der Waals surface area contributed by atoms with Crippen molar-refractivity contribution in [3.63, 3.8) is 0 Å². The number of carbonyl (C=O) groups excluding carboxylic acids is 1. The van der Waals surface area contributed by atoms with Gasteiger partial charge in [-0.15, -0.1) is 0 Å². The fourth-order valence-corrected chi connectivity index (χ4v) is 3.12. The van der Waals surface area contributed by atoms with Gasteiger partial charge < -0.3 is 14.8 Å². The number of rotatable bonds is 10. The molecule has 0 aliphatic heterocycles. The lowest BCUT2D eigenvalue weighted by Crippen LogP contribution is -2.27. The Bertz CT molecular complexity index is 849. The number of methoxy groups -OCH3 is 2. The summed E-state index contributed by atoms with van der Waals surface area (Å²) >= 11 is 0. The highest BCUT2D eigenvalue weighted by Crippen LogP contribution is 2.44.